The van der Waals surface area contributed by atoms with Crippen LogP contribution in [0.25, 0.3) is 0 Å². The van der Waals surface area contributed by atoms with Crippen molar-refractivity contribution >= 4 is 15.7 Å². The lowest BCUT2D eigenvalue weighted by Crippen LogP contribution is -2.15. The number of nitrogens with zero attached hydrogens (tertiary/aromatic N) is 2. The zero-order valence-electron chi connectivity index (χ0n) is 12.3. The van der Waals surface area contributed by atoms with Crippen LogP contribution in [0.5, 0.6) is 0 Å². The summed E-state index contributed by atoms with van der Waals surface area (Å²) in [6.45, 7) is 3.44. The fourth-order valence-corrected chi connectivity index (χ4v) is 3.48. The first kappa shape index (κ1) is 15.5. The summed E-state index contributed by atoms with van der Waals surface area (Å²) in [6.07, 6.45) is 2.27. The Hall–Kier alpha value is -1.86. The maximum Gasteiger partial charge on any atom is 0.262 e. The van der Waals surface area contributed by atoms with Gasteiger partial charge in [-0.05, 0) is 30.5 Å². The molecular formula is C14H19N3O3S. The molecule has 0 unspecified atom stereocenters. The van der Waals surface area contributed by atoms with Gasteiger partial charge >= 0.3 is 0 Å². The Morgan fingerprint density at radius 2 is 2.10 bits per heavy atom. The molecule has 21 heavy (non-hydrogen) atoms. The van der Waals surface area contributed by atoms with Gasteiger partial charge in [-0.1, -0.05) is 19.1 Å². The Kier molecular flexibility index (Phi) is 4.34. The van der Waals surface area contributed by atoms with E-state index in [1.54, 1.807) is 37.0 Å². The normalized spacial score (nSPS) is 11.6. The van der Waals surface area contributed by atoms with Crippen LogP contribution < -0.4 is 4.72 Å². The second kappa shape index (κ2) is 5.87. The monoisotopic (exact) mass is 309 g/mol. The average Bonchev–Trinajstić information content (AvgIpc) is 2.78. The number of sulfonamides is 1. The molecule has 0 amide bonds. The van der Waals surface area contributed by atoms with Crippen molar-refractivity contribution < 1.29 is 13.5 Å². The lowest BCUT2D eigenvalue weighted by Gasteiger charge is -2.11. The number of rotatable bonds is 5. The fraction of sp³-hybridized carbons (Fsp3) is 0.357. The van der Waals surface area contributed by atoms with Gasteiger partial charge in [0, 0.05) is 13.2 Å². The molecular weight excluding hydrogens is 290 g/mol. The van der Waals surface area contributed by atoms with E-state index in [-0.39, 0.29) is 11.5 Å². The van der Waals surface area contributed by atoms with Crippen LogP contribution in [-0.4, -0.2) is 23.3 Å². The fourth-order valence-electron chi connectivity index (χ4n) is 2.11. The third kappa shape index (κ3) is 3.25. The summed E-state index contributed by atoms with van der Waals surface area (Å²) in [4.78, 5) is 0.167. The van der Waals surface area contributed by atoms with E-state index in [1.165, 1.54) is 6.07 Å². The van der Waals surface area contributed by atoms with Gasteiger partial charge < -0.3 is 5.11 Å². The van der Waals surface area contributed by atoms with Crippen LogP contribution in [0, 0.1) is 6.92 Å². The second-order valence-corrected chi connectivity index (χ2v) is 6.53. The van der Waals surface area contributed by atoms with E-state index in [0.29, 0.717) is 28.9 Å². The van der Waals surface area contributed by atoms with E-state index in [0.717, 1.165) is 0 Å². The molecule has 0 aliphatic rings. The van der Waals surface area contributed by atoms with E-state index < -0.39 is 10.0 Å². The highest BCUT2D eigenvalue weighted by Gasteiger charge is 2.20. The van der Waals surface area contributed by atoms with Crippen molar-refractivity contribution in [1.82, 2.24) is 9.78 Å². The summed E-state index contributed by atoms with van der Waals surface area (Å²) < 4.78 is 29.2. The minimum atomic E-state index is -3.71. The molecule has 1 aromatic carbocycles. The highest BCUT2D eigenvalue weighted by molar-refractivity contribution is 7.92. The van der Waals surface area contributed by atoms with Gasteiger partial charge in [-0.2, -0.15) is 5.10 Å². The van der Waals surface area contributed by atoms with E-state index in [1.807, 2.05) is 6.92 Å². The van der Waals surface area contributed by atoms with Crippen molar-refractivity contribution in [3.63, 3.8) is 0 Å². The Morgan fingerprint density at radius 3 is 2.71 bits per heavy atom. The summed E-state index contributed by atoms with van der Waals surface area (Å²) in [5.41, 5.74) is 2.36. The predicted molar refractivity (Wildman–Crippen MR) is 80.5 cm³/mol. The molecule has 0 fully saturated rings. The highest BCUT2D eigenvalue weighted by atomic mass is 32.2. The molecule has 2 aromatic rings. The number of aliphatic hydroxyl groups is 1. The Balaban J connectivity index is 2.42. The summed E-state index contributed by atoms with van der Waals surface area (Å²) in [5.74, 6) is 0. The molecule has 0 saturated heterocycles. The van der Waals surface area contributed by atoms with Gasteiger partial charge in [-0.15, -0.1) is 0 Å². The lowest BCUT2D eigenvalue weighted by molar-refractivity contribution is 0.281. The topological polar surface area (TPSA) is 84.2 Å². The molecule has 0 atom stereocenters. The number of anilines is 1. The lowest BCUT2D eigenvalue weighted by atomic mass is 10.2. The molecule has 1 heterocycles. The van der Waals surface area contributed by atoms with Crippen LogP contribution in [-0.2, 0) is 30.1 Å². The van der Waals surface area contributed by atoms with Gasteiger partial charge in [0.15, 0.2) is 0 Å². The summed E-state index contributed by atoms with van der Waals surface area (Å²) >= 11 is 0. The number of hydrogen-bond acceptors (Lipinski definition) is 4. The van der Waals surface area contributed by atoms with Crippen LogP contribution in [0.15, 0.2) is 29.3 Å². The standard InChI is InChI=1S/C14H19N3O3S/c1-4-12-13(8-17(3)15-12)16-21(19,20)14-7-11(9-18)6-5-10(14)2/h5-8,16,18H,4,9H2,1-3H3. The van der Waals surface area contributed by atoms with Crippen molar-refractivity contribution in [3.8, 4) is 0 Å². The molecule has 2 N–H and O–H groups in total. The number of aliphatic hydroxyl groups excluding tert-OH is 1. The molecule has 1 aromatic heterocycles. The quantitative estimate of drug-likeness (QED) is 0.878. The zero-order valence-corrected chi connectivity index (χ0v) is 13.1. The van der Waals surface area contributed by atoms with Crippen LogP contribution >= 0.6 is 0 Å². The molecule has 7 heteroatoms. The van der Waals surface area contributed by atoms with E-state index >= 15 is 0 Å². The first-order valence-corrected chi connectivity index (χ1v) is 8.11. The van der Waals surface area contributed by atoms with E-state index in [4.69, 9.17) is 5.11 Å². The minimum absolute atomic E-state index is 0.167. The first-order chi connectivity index (χ1) is 9.87. The van der Waals surface area contributed by atoms with Crippen LogP contribution in [0.1, 0.15) is 23.7 Å². The molecule has 0 aliphatic heterocycles. The van der Waals surface area contributed by atoms with E-state index in [2.05, 4.69) is 9.82 Å². The van der Waals surface area contributed by atoms with Crippen molar-refractivity contribution in [1.29, 1.82) is 0 Å². The van der Waals surface area contributed by atoms with Crippen molar-refractivity contribution in [2.24, 2.45) is 7.05 Å². The van der Waals surface area contributed by atoms with Crippen LogP contribution in [0.2, 0.25) is 0 Å². The van der Waals surface area contributed by atoms with Crippen LogP contribution in [0.4, 0.5) is 5.69 Å². The van der Waals surface area contributed by atoms with Gasteiger partial charge in [0.25, 0.3) is 10.0 Å². The number of hydrogen-bond donors (Lipinski definition) is 2. The number of aryl methyl sites for hydroxylation is 3. The maximum atomic E-state index is 12.5. The Morgan fingerprint density at radius 1 is 1.38 bits per heavy atom. The van der Waals surface area contributed by atoms with Crippen molar-refractivity contribution in [2.75, 3.05) is 4.72 Å². The Bertz CT molecular complexity index is 751. The largest absolute Gasteiger partial charge is 0.392 e. The van der Waals surface area contributed by atoms with Crippen LogP contribution in [0.3, 0.4) is 0 Å². The number of nitrogens with one attached hydrogen (secondary N) is 1. The highest BCUT2D eigenvalue weighted by Crippen LogP contribution is 2.22. The van der Waals surface area contributed by atoms with Crippen molar-refractivity contribution in [2.45, 2.75) is 31.8 Å². The third-order valence-corrected chi connectivity index (χ3v) is 4.72. The van der Waals surface area contributed by atoms with Crippen molar-refractivity contribution in [3.05, 3.63) is 41.2 Å². The van der Waals surface area contributed by atoms with Gasteiger partial charge in [-0.3, -0.25) is 9.40 Å². The molecule has 0 spiro atoms. The third-order valence-electron chi connectivity index (χ3n) is 3.21. The SMILES string of the molecule is CCc1nn(C)cc1NS(=O)(=O)c1cc(CO)ccc1C. The summed E-state index contributed by atoms with van der Waals surface area (Å²) in [6, 6.07) is 4.87. The maximum absolute atomic E-state index is 12.5. The first-order valence-electron chi connectivity index (χ1n) is 6.63. The molecule has 0 saturated carbocycles. The van der Waals surface area contributed by atoms with E-state index in [9.17, 15) is 8.42 Å². The predicted octanol–water partition coefficient (Wildman–Crippen LogP) is 1.58. The molecule has 0 aliphatic carbocycles. The molecule has 0 radical (unpaired) electrons. The zero-order chi connectivity index (χ0) is 15.6. The van der Waals surface area contributed by atoms with Gasteiger partial charge in [0.2, 0.25) is 0 Å². The second-order valence-electron chi connectivity index (χ2n) is 4.88. The molecule has 114 valence electrons. The van der Waals surface area contributed by atoms with Gasteiger partial charge in [-0.25, -0.2) is 8.42 Å². The summed E-state index contributed by atoms with van der Waals surface area (Å²) in [5, 5.41) is 13.4. The number of benzene rings is 1. The number of aromatic nitrogens is 2. The molecule has 0 bridgehead atoms. The van der Waals surface area contributed by atoms with Gasteiger partial charge in [0.05, 0.1) is 22.9 Å². The smallest absolute Gasteiger partial charge is 0.262 e. The molecule has 2 rings (SSSR count). The minimum Gasteiger partial charge on any atom is -0.392 e. The summed E-state index contributed by atoms with van der Waals surface area (Å²) in [7, 11) is -1.97. The average molecular weight is 309 g/mol. The molecule has 6 nitrogen and oxygen atoms in total. The van der Waals surface area contributed by atoms with Gasteiger partial charge in [0.1, 0.15) is 0 Å². The Labute approximate surface area is 124 Å².